The average Bonchev–Trinajstić information content (AvgIpc) is 3.00. The van der Waals surface area contributed by atoms with Crippen molar-refractivity contribution in [1.29, 1.82) is 0 Å². The van der Waals surface area contributed by atoms with Gasteiger partial charge in [0.2, 0.25) is 0 Å². The van der Waals surface area contributed by atoms with E-state index in [1.54, 1.807) is 40.3 Å². The van der Waals surface area contributed by atoms with E-state index in [2.05, 4.69) is 9.97 Å². The normalized spacial score (nSPS) is 10.6. The highest BCUT2D eigenvalue weighted by molar-refractivity contribution is 7.13. The van der Waals surface area contributed by atoms with Crippen molar-refractivity contribution in [2.24, 2.45) is 0 Å². The average molecular weight is 260 g/mol. The standard InChI is InChI=1S/C12H8N2OS2/c15-9-3-1-2-8(4-9)12-14-11(6-17-12)10-5-16-7-13-10/h1-7,15H. The van der Waals surface area contributed by atoms with E-state index in [4.69, 9.17) is 0 Å². The molecule has 0 aliphatic rings. The molecule has 0 atom stereocenters. The maximum absolute atomic E-state index is 9.43. The first-order valence-electron chi connectivity index (χ1n) is 4.96. The molecule has 0 amide bonds. The molecule has 0 unspecified atom stereocenters. The quantitative estimate of drug-likeness (QED) is 0.765. The second-order valence-electron chi connectivity index (χ2n) is 3.46. The van der Waals surface area contributed by atoms with Crippen LogP contribution in [0.2, 0.25) is 0 Å². The number of phenols is 1. The Hall–Kier alpha value is -1.72. The Morgan fingerprint density at radius 1 is 1.12 bits per heavy atom. The minimum absolute atomic E-state index is 0.257. The lowest BCUT2D eigenvalue weighted by molar-refractivity contribution is 0.475. The zero-order chi connectivity index (χ0) is 11.7. The number of hydrogen-bond donors (Lipinski definition) is 1. The molecule has 5 heteroatoms. The molecule has 0 fully saturated rings. The molecule has 1 aromatic carbocycles. The van der Waals surface area contributed by atoms with Crippen LogP contribution in [0, 0.1) is 0 Å². The molecule has 3 aromatic rings. The predicted molar refractivity (Wildman–Crippen MR) is 70.3 cm³/mol. The van der Waals surface area contributed by atoms with Gasteiger partial charge in [0.1, 0.15) is 22.1 Å². The van der Waals surface area contributed by atoms with Crippen LogP contribution in [0.3, 0.4) is 0 Å². The molecule has 84 valence electrons. The summed E-state index contributed by atoms with van der Waals surface area (Å²) in [6.07, 6.45) is 0. The lowest BCUT2D eigenvalue weighted by Gasteiger charge is -1.96. The Bertz CT molecular complexity index is 632. The number of phenolic OH excluding ortho intramolecular Hbond substituents is 1. The monoisotopic (exact) mass is 260 g/mol. The van der Waals surface area contributed by atoms with Crippen molar-refractivity contribution in [2.45, 2.75) is 0 Å². The maximum atomic E-state index is 9.43. The largest absolute Gasteiger partial charge is 0.508 e. The predicted octanol–water partition coefficient (Wildman–Crippen LogP) is 3.64. The zero-order valence-electron chi connectivity index (χ0n) is 8.70. The van der Waals surface area contributed by atoms with Gasteiger partial charge in [-0.2, -0.15) is 0 Å². The highest BCUT2D eigenvalue weighted by atomic mass is 32.1. The Morgan fingerprint density at radius 3 is 2.82 bits per heavy atom. The van der Waals surface area contributed by atoms with Crippen LogP contribution in [0.1, 0.15) is 0 Å². The van der Waals surface area contributed by atoms with Crippen LogP contribution in [-0.4, -0.2) is 15.1 Å². The fourth-order valence-corrected chi connectivity index (χ4v) is 2.86. The van der Waals surface area contributed by atoms with Crippen molar-refractivity contribution in [3.63, 3.8) is 0 Å². The van der Waals surface area contributed by atoms with E-state index < -0.39 is 0 Å². The first-order valence-corrected chi connectivity index (χ1v) is 6.79. The van der Waals surface area contributed by atoms with Crippen molar-refractivity contribution in [2.75, 3.05) is 0 Å². The molecule has 3 rings (SSSR count). The second-order valence-corrected chi connectivity index (χ2v) is 5.04. The lowest BCUT2D eigenvalue weighted by atomic mass is 10.2. The fourth-order valence-electron chi connectivity index (χ4n) is 1.50. The van der Waals surface area contributed by atoms with Gasteiger partial charge in [-0.15, -0.1) is 22.7 Å². The Balaban J connectivity index is 2.01. The number of rotatable bonds is 2. The van der Waals surface area contributed by atoms with Gasteiger partial charge in [0.15, 0.2) is 0 Å². The van der Waals surface area contributed by atoms with Crippen molar-refractivity contribution < 1.29 is 5.11 Å². The topological polar surface area (TPSA) is 46.0 Å². The molecule has 2 aromatic heterocycles. The minimum atomic E-state index is 0.257. The Kier molecular flexibility index (Phi) is 2.62. The van der Waals surface area contributed by atoms with Crippen LogP contribution in [-0.2, 0) is 0 Å². The third kappa shape index (κ3) is 2.07. The summed E-state index contributed by atoms with van der Waals surface area (Å²) in [7, 11) is 0. The molecule has 0 aliphatic heterocycles. The van der Waals surface area contributed by atoms with Crippen LogP contribution in [0.15, 0.2) is 40.5 Å². The maximum Gasteiger partial charge on any atom is 0.124 e. The highest BCUT2D eigenvalue weighted by Gasteiger charge is 2.08. The van der Waals surface area contributed by atoms with Crippen LogP contribution in [0.5, 0.6) is 5.75 Å². The molecule has 0 saturated heterocycles. The van der Waals surface area contributed by atoms with E-state index in [1.807, 2.05) is 22.9 Å². The number of hydrogen-bond acceptors (Lipinski definition) is 5. The summed E-state index contributed by atoms with van der Waals surface area (Å²) in [5.74, 6) is 0.257. The van der Waals surface area contributed by atoms with E-state index in [0.29, 0.717) is 0 Å². The minimum Gasteiger partial charge on any atom is -0.508 e. The summed E-state index contributed by atoms with van der Waals surface area (Å²) in [5, 5.41) is 14.3. The third-order valence-corrected chi connectivity index (χ3v) is 3.77. The van der Waals surface area contributed by atoms with Gasteiger partial charge in [-0.1, -0.05) is 12.1 Å². The first-order chi connectivity index (χ1) is 8.33. The van der Waals surface area contributed by atoms with Gasteiger partial charge < -0.3 is 5.11 Å². The smallest absolute Gasteiger partial charge is 0.124 e. The molecular weight excluding hydrogens is 252 g/mol. The summed E-state index contributed by atoms with van der Waals surface area (Å²) in [6.45, 7) is 0. The summed E-state index contributed by atoms with van der Waals surface area (Å²) >= 11 is 3.11. The van der Waals surface area contributed by atoms with E-state index in [0.717, 1.165) is 22.0 Å². The lowest BCUT2D eigenvalue weighted by Crippen LogP contribution is -1.78. The van der Waals surface area contributed by atoms with Crippen molar-refractivity contribution in [3.05, 3.63) is 40.5 Å². The highest BCUT2D eigenvalue weighted by Crippen LogP contribution is 2.30. The van der Waals surface area contributed by atoms with E-state index >= 15 is 0 Å². The van der Waals surface area contributed by atoms with Crippen LogP contribution in [0.25, 0.3) is 22.0 Å². The number of aromatic hydroxyl groups is 1. The molecule has 0 spiro atoms. The molecule has 2 heterocycles. The van der Waals surface area contributed by atoms with E-state index in [-0.39, 0.29) is 5.75 Å². The third-order valence-electron chi connectivity index (χ3n) is 2.29. The van der Waals surface area contributed by atoms with Crippen LogP contribution >= 0.6 is 22.7 Å². The molecule has 17 heavy (non-hydrogen) atoms. The molecular formula is C12H8N2OS2. The summed E-state index contributed by atoms with van der Waals surface area (Å²) in [6, 6.07) is 7.11. The SMILES string of the molecule is Oc1cccc(-c2nc(-c3cscn3)cs2)c1. The van der Waals surface area contributed by atoms with Gasteiger partial charge in [0.05, 0.1) is 5.51 Å². The Morgan fingerprint density at radius 2 is 2.06 bits per heavy atom. The zero-order valence-corrected chi connectivity index (χ0v) is 10.3. The van der Waals surface area contributed by atoms with Crippen molar-refractivity contribution in [1.82, 2.24) is 9.97 Å². The van der Waals surface area contributed by atoms with Gasteiger partial charge in [0.25, 0.3) is 0 Å². The molecule has 0 aliphatic carbocycles. The van der Waals surface area contributed by atoms with Crippen LogP contribution < -0.4 is 0 Å². The van der Waals surface area contributed by atoms with Gasteiger partial charge >= 0.3 is 0 Å². The van der Waals surface area contributed by atoms with Crippen molar-refractivity contribution >= 4 is 22.7 Å². The first kappa shape index (κ1) is 10.4. The van der Waals surface area contributed by atoms with Gasteiger partial charge in [-0.25, -0.2) is 9.97 Å². The van der Waals surface area contributed by atoms with E-state index in [1.165, 1.54) is 0 Å². The molecule has 0 saturated carbocycles. The summed E-state index contributed by atoms with van der Waals surface area (Å²) < 4.78 is 0. The number of thiazole rings is 2. The Labute approximate surface area is 106 Å². The summed E-state index contributed by atoms with van der Waals surface area (Å²) in [5.41, 5.74) is 4.51. The number of nitrogens with zero attached hydrogens (tertiary/aromatic N) is 2. The molecule has 1 N–H and O–H groups in total. The second kappa shape index (κ2) is 4.27. The summed E-state index contributed by atoms with van der Waals surface area (Å²) in [4.78, 5) is 8.74. The fraction of sp³-hybridized carbons (Fsp3) is 0. The van der Waals surface area contributed by atoms with Gasteiger partial charge in [-0.3, -0.25) is 0 Å². The number of aromatic nitrogens is 2. The van der Waals surface area contributed by atoms with Gasteiger partial charge in [0, 0.05) is 16.3 Å². The van der Waals surface area contributed by atoms with Crippen LogP contribution in [0.4, 0.5) is 0 Å². The van der Waals surface area contributed by atoms with Crippen molar-refractivity contribution in [3.8, 4) is 27.7 Å². The number of benzene rings is 1. The van der Waals surface area contributed by atoms with Gasteiger partial charge in [-0.05, 0) is 12.1 Å². The molecule has 0 radical (unpaired) electrons. The molecule has 0 bridgehead atoms. The molecule has 3 nitrogen and oxygen atoms in total. The van der Waals surface area contributed by atoms with E-state index in [9.17, 15) is 5.11 Å².